The topological polar surface area (TPSA) is 0 Å². The fourth-order valence-electron chi connectivity index (χ4n) is 1.86. The number of likely N-dealkylation sites (tertiary alicyclic amines) is 1. The summed E-state index contributed by atoms with van der Waals surface area (Å²) in [5, 5.41) is 0. The molecular weight excluding hydrogens is 134 g/mol. The summed E-state index contributed by atoms with van der Waals surface area (Å²) in [6, 6.07) is 0. The Bertz CT molecular complexity index is 140. The van der Waals surface area contributed by atoms with Crippen molar-refractivity contribution in [3.05, 3.63) is 0 Å². The number of hydrogen-bond donors (Lipinski definition) is 0. The molecule has 1 aliphatic rings. The summed E-state index contributed by atoms with van der Waals surface area (Å²) in [6.07, 6.45) is 4.14. The zero-order valence-electron chi connectivity index (χ0n) is 8.48. The van der Waals surface area contributed by atoms with Crippen LogP contribution in [-0.2, 0) is 0 Å². The van der Waals surface area contributed by atoms with Crippen LogP contribution < -0.4 is 0 Å². The first kappa shape index (κ1) is 9.05. The van der Waals surface area contributed by atoms with Gasteiger partial charge in [0, 0.05) is 0 Å². The van der Waals surface area contributed by atoms with Crippen molar-refractivity contribution in [1.29, 1.82) is 0 Å². The minimum Gasteiger partial charge on any atom is -0.321 e. The van der Waals surface area contributed by atoms with E-state index in [-0.39, 0.29) is 0 Å². The van der Waals surface area contributed by atoms with E-state index >= 15 is 0 Å². The Balaban J connectivity index is 2.41. The van der Waals surface area contributed by atoms with Gasteiger partial charge in [-0.3, -0.25) is 0 Å². The normalized spacial score (nSPS) is 34.9. The molecule has 0 radical (unpaired) electrons. The fraction of sp³-hybridized carbons (Fsp3) is 1.00. The summed E-state index contributed by atoms with van der Waals surface area (Å²) >= 11 is 0. The third-order valence-corrected chi connectivity index (χ3v) is 3.68. The van der Waals surface area contributed by atoms with Crippen LogP contribution in [-0.4, -0.2) is 30.2 Å². The Morgan fingerprint density at radius 3 is 2.27 bits per heavy atom. The van der Waals surface area contributed by atoms with Gasteiger partial charge < -0.3 is 4.48 Å². The van der Waals surface area contributed by atoms with Crippen LogP contribution in [0.3, 0.4) is 0 Å². The van der Waals surface area contributed by atoms with Gasteiger partial charge in [-0.05, 0) is 20.3 Å². The largest absolute Gasteiger partial charge is 0.321 e. The number of unbranched alkanes of at least 4 members (excludes halogenated alkanes) is 1. The van der Waals surface area contributed by atoms with Gasteiger partial charge in [-0.15, -0.1) is 0 Å². The maximum Gasteiger partial charge on any atom is 0.0987 e. The van der Waals surface area contributed by atoms with Crippen LogP contribution in [0.1, 0.15) is 40.0 Å². The number of quaternary nitrogens is 1. The molecule has 0 amide bonds. The molecule has 1 nitrogen and oxygen atoms in total. The van der Waals surface area contributed by atoms with Crippen molar-refractivity contribution in [2.24, 2.45) is 0 Å². The van der Waals surface area contributed by atoms with Crippen LogP contribution >= 0.6 is 0 Å². The van der Waals surface area contributed by atoms with E-state index in [1.807, 2.05) is 0 Å². The quantitative estimate of drug-likeness (QED) is 0.550. The molecule has 1 heteroatoms. The molecule has 1 rings (SSSR count). The molecule has 0 bridgehead atoms. The molecule has 0 N–H and O–H groups in total. The minimum atomic E-state index is 0.565. The standard InChI is InChI=1S/C10H22N/c1-5-6-8-11(4)9-7-10(11,2)3/h5-9H2,1-4H3/q+1. The molecule has 1 atom stereocenters. The molecule has 0 aliphatic carbocycles. The zero-order chi connectivity index (χ0) is 8.54. The highest BCUT2D eigenvalue weighted by molar-refractivity contribution is 4.78. The van der Waals surface area contributed by atoms with Gasteiger partial charge in [0.15, 0.2) is 0 Å². The molecule has 11 heavy (non-hydrogen) atoms. The van der Waals surface area contributed by atoms with Crippen molar-refractivity contribution in [2.45, 2.75) is 45.6 Å². The maximum absolute atomic E-state index is 2.40. The first-order valence-corrected chi connectivity index (χ1v) is 4.86. The van der Waals surface area contributed by atoms with Crippen LogP contribution in [0.5, 0.6) is 0 Å². The Morgan fingerprint density at radius 1 is 1.36 bits per heavy atom. The van der Waals surface area contributed by atoms with E-state index in [1.54, 1.807) is 0 Å². The van der Waals surface area contributed by atoms with E-state index in [4.69, 9.17) is 0 Å². The second-order valence-corrected chi connectivity index (χ2v) is 4.76. The Labute approximate surface area is 71.0 Å². The number of nitrogens with zero attached hydrogens (tertiary/aromatic N) is 1. The van der Waals surface area contributed by atoms with Gasteiger partial charge in [0.1, 0.15) is 0 Å². The summed E-state index contributed by atoms with van der Waals surface area (Å²) in [7, 11) is 2.40. The van der Waals surface area contributed by atoms with Crippen LogP contribution in [0.15, 0.2) is 0 Å². The number of rotatable bonds is 3. The van der Waals surface area contributed by atoms with Gasteiger partial charge >= 0.3 is 0 Å². The first-order valence-electron chi connectivity index (χ1n) is 4.86. The third-order valence-electron chi connectivity index (χ3n) is 3.68. The van der Waals surface area contributed by atoms with Crippen LogP contribution in [0.4, 0.5) is 0 Å². The van der Waals surface area contributed by atoms with Gasteiger partial charge in [0.05, 0.1) is 32.1 Å². The molecule has 1 aliphatic heterocycles. The van der Waals surface area contributed by atoms with E-state index in [1.165, 1.54) is 36.8 Å². The van der Waals surface area contributed by atoms with Gasteiger partial charge in [-0.25, -0.2) is 0 Å². The van der Waals surface area contributed by atoms with E-state index in [2.05, 4.69) is 27.8 Å². The van der Waals surface area contributed by atoms with Gasteiger partial charge in [-0.2, -0.15) is 0 Å². The smallest absolute Gasteiger partial charge is 0.0987 e. The Hall–Kier alpha value is -0.0400. The highest BCUT2D eigenvalue weighted by Crippen LogP contribution is 2.36. The van der Waals surface area contributed by atoms with Gasteiger partial charge in [-0.1, -0.05) is 13.3 Å². The third kappa shape index (κ3) is 1.44. The molecule has 1 heterocycles. The molecule has 0 spiro atoms. The summed E-state index contributed by atoms with van der Waals surface area (Å²) in [6.45, 7) is 9.84. The highest BCUT2D eigenvalue weighted by atomic mass is 15.4. The molecular formula is C10H22N+. The van der Waals surface area contributed by atoms with E-state index < -0.39 is 0 Å². The highest BCUT2D eigenvalue weighted by Gasteiger charge is 2.48. The molecule has 0 saturated carbocycles. The van der Waals surface area contributed by atoms with Crippen molar-refractivity contribution in [3.8, 4) is 0 Å². The van der Waals surface area contributed by atoms with Crippen molar-refractivity contribution >= 4 is 0 Å². The molecule has 0 aromatic heterocycles. The Morgan fingerprint density at radius 2 is 2.00 bits per heavy atom. The molecule has 1 unspecified atom stereocenters. The summed E-state index contributed by atoms with van der Waals surface area (Å²) < 4.78 is 1.31. The first-order chi connectivity index (χ1) is 5.02. The van der Waals surface area contributed by atoms with Crippen molar-refractivity contribution in [1.82, 2.24) is 0 Å². The van der Waals surface area contributed by atoms with Crippen molar-refractivity contribution in [3.63, 3.8) is 0 Å². The lowest BCUT2D eigenvalue weighted by molar-refractivity contribution is -0.996. The molecule has 0 aromatic rings. The van der Waals surface area contributed by atoms with Crippen LogP contribution in [0.25, 0.3) is 0 Å². The Kier molecular flexibility index (Phi) is 2.29. The van der Waals surface area contributed by atoms with E-state index in [0.717, 1.165) is 0 Å². The van der Waals surface area contributed by atoms with Gasteiger partial charge in [0.25, 0.3) is 0 Å². The summed E-state index contributed by atoms with van der Waals surface area (Å²) in [5.74, 6) is 0. The average Bonchev–Trinajstić information content (AvgIpc) is 1.98. The SMILES string of the molecule is CCCC[N+]1(C)CCC1(C)C. The maximum atomic E-state index is 2.40. The van der Waals surface area contributed by atoms with Gasteiger partial charge in [0.2, 0.25) is 0 Å². The fourth-order valence-corrected chi connectivity index (χ4v) is 1.86. The molecule has 66 valence electrons. The van der Waals surface area contributed by atoms with Crippen LogP contribution in [0.2, 0.25) is 0 Å². The monoisotopic (exact) mass is 156 g/mol. The van der Waals surface area contributed by atoms with Crippen LogP contribution in [0, 0.1) is 0 Å². The number of hydrogen-bond acceptors (Lipinski definition) is 0. The average molecular weight is 156 g/mol. The van der Waals surface area contributed by atoms with Crippen molar-refractivity contribution < 1.29 is 4.48 Å². The second-order valence-electron chi connectivity index (χ2n) is 4.76. The van der Waals surface area contributed by atoms with Crippen molar-refractivity contribution in [2.75, 3.05) is 20.1 Å². The summed E-state index contributed by atoms with van der Waals surface area (Å²) in [5.41, 5.74) is 0.565. The molecule has 0 aromatic carbocycles. The second kappa shape index (κ2) is 2.78. The summed E-state index contributed by atoms with van der Waals surface area (Å²) in [4.78, 5) is 0. The lowest BCUT2D eigenvalue weighted by atomic mass is 9.85. The van der Waals surface area contributed by atoms with E-state index in [9.17, 15) is 0 Å². The lowest BCUT2D eigenvalue weighted by Gasteiger charge is -2.56. The van der Waals surface area contributed by atoms with E-state index in [0.29, 0.717) is 5.54 Å². The predicted molar refractivity (Wildman–Crippen MR) is 49.5 cm³/mol. The molecule has 1 fully saturated rings. The molecule has 1 saturated heterocycles. The predicted octanol–water partition coefficient (Wildman–Crippen LogP) is 2.42. The zero-order valence-corrected chi connectivity index (χ0v) is 8.48. The lowest BCUT2D eigenvalue weighted by Crippen LogP contribution is -2.69. The minimum absolute atomic E-state index is 0.565.